The molecular formula is C35H50BrF4MgN3O7. The summed E-state index contributed by atoms with van der Waals surface area (Å²) >= 11 is 0. The molecule has 2 aromatic carbocycles. The molecule has 0 spiro atoms. The van der Waals surface area contributed by atoms with Crippen LogP contribution >= 0.6 is 17.0 Å². The zero-order valence-corrected chi connectivity index (χ0v) is 32.7. The first-order valence-electron chi connectivity index (χ1n) is 15.3. The van der Waals surface area contributed by atoms with Crippen molar-refractivity contribution in [2.24, 2.45) is 5.92 Å². The van der Waals surface area contributed by atoms with Crippen LogP contribution in [-0.2, 0) is 23.9 Å². The van der Waals surface area contributed by atoms with Crippen LogP contribution in [0.25, 0.3) is 0 Å². The number of likely N-dealkylation sites (N-methyl/N-ethyl adjacent to an activating group) is 1. The van der Waals surface area contributed by atoms with Crippen molar-refractivity contribution < 1.29 is 52.5 Å². The van der Waals surface area contributed by atoms with Crippen molar-refractivity contribution in [1.82, 2.24) is 15.7 Å². The number of rotatable bonds is 8. The number of amides is 3. The topological polar surface area (TPSA) is 123 Å². The largest absolute Gasteiger partial charge is 2.00 e. The molecule has 2 atom stereocenters. The number of Topliss-reactive ketones (excluding diaryl/α,β-unsaturated/α-hetero) is 1. The fourth-order valence-corrected chi connectivity index (χ4v) is 3.84. The summed E-state index contributed by atoms with van der Waals surface area (Å²) in [6.45, 7) is 9.84. The summed E-state index contributed by atoms with van der Waals surface area (Å²) < 4.78 is 65.9. The van der Waals surface area contributed by atoms with Crippen molar-refractivity contribution in [3.63, 3.8) is 0 Å². The van der Waals surface area contributed by atoms with Gasteiger partial charge in [-0.3, -0.25) is 14.4 Å². The number of carbonyl (C=O) groups is 4. The Morgan fingerprint density at radius 3 is 1.41 bits per heavy atom. The fourth-order valence-electron chi connectivity index (χ4n) is 3.84. The molecule has 2 aromatic rings. The van der Waals surface area contributed by atoms with Crippen molar-refractivity contribution >= 4 is 63.9 Å². The molecule has 2 N–H and O–H groups in total. The average molecular weight is 805 g/mol. The van der Waals surface area contributed by atoms with Gasteiger partial charge in [-0.1, -0.05) is 19.6 Å². The number of nitrogens with one attached hydrogen (secondary N) is 2. The van der Waals surface area contributed by atoms with Crippen LogP contribution in [0.1, 0.15) is 99.3 Å². The standard InChI is InChI=1S/C16H19F2NO3.C15H20F2N2O4.C3H5.CH4.BrH.Mg.H/c1-16(2,3)22-15(21)19-13(14(20)9-7-8-9)12-10(17)5-4-6-11(12)18;1-15(2,3)23-14(21)18-12(13(20)19(4)22-5)11-9(16)7-6-8-10(11)17;1-2-3-1;;;;/h4-6,9,13H,7-8H2,1-3H3,(H,19,21);6-8,12H,1-5H3,(H,18,21);1H,2-3H2;1H4;1H;;/q;;-1;;;+2;-1. The molecule has 2 saturated carbocycles. The van der Waals surface area contributed by atoms with Crippen LogP contribution in [0.5, 0.6) is 0 Å². The van der Waals surface area contributed by atoms with E-state index < -0.39 is 81.6 Å². The molecule has 2 aliphatic rings. The Bertz CT molecular complexity index is 1420. The van der Waals surface area contributed by atoms with E-state index >= 15 is 0 Å². The minimum Gasteiger partial charge on any atom is -1.00 e. The van der Waals surface area contributed by atoms with E-state index in [9.17, 15) is 36.7 Å². The molecule has 51 heavy (non-hydrogen) atoms. The summed E-state index contributed by atoms with van der Waals surface area (Å²) in [7, 11) is 2.46. The Kier molecular flexibility index (Phi) is 21.8. The molecule has 0 heterocycles. The normalized spacial score (nSPS) is 14.0. The number of hydroxylamine groups is 2. The van der Waals surface area contributed by atoms with Gasteiger partial charge in [-0.15, -0.1) is 17.0 Å². The van der Waals surface area contributed by atoms with E-state index in [0.717, 1.165) is 35.4 Å². The number of benzene rings is 2. The maximum absolute atomic E-state index is 14.0. The van der Waals surface area contributed by atoms with Gasteiger partial charge in [-0.2, -0.15) is 0 Å². The Balaban J connectivity index is -0.000000794. The van der Waals surface area contributed by atoms with Gasteiger partial charge in [0.15, 0.2) is 5.78 Å². The third kappa shape index (κ3) is 17.9. The van der Waals surface area contributed by atoms with Gasteiger partial charge in [0.05, 0.1) is 18.2 Å². The van der Waals surface area contributed by atoms with Crippen molar-refractivity contribution in [3.05, 3.63) is 77.2 Å². The van der Waals surface area contributed by atoms with Crippen LogP contribution in [-0.4, -0.2) is 77.4 Å². The first kappa shape index (κ1) is 50.2. The number of ether oxygens (including phenoxy) is 2. The van der Waals surface area contributed by atoms with E-state index in [0.29, 0.717) is 12.8 Å². The van der Waals surface area contributed by atoms with Gasteiger partial charge >= 0.3 is 35.2 Å². The number of hydrogen-bond acceptors (Lipinski definition) is 7. The number of nitrogens with zero attached hydrogens (tertiary/aromatic N) is 1. The monoisotopic (exact) mass is 803 g/mol. The molecule has 0 aliphatic heterocycles. The number of carbonyl (C=O) groups excluding carboxylic acids is 4. The molecule has 0 radical (unpaired) electrons. The maximum atomic E-state index is 14.0. The van der Waals surface area contributed by atoms with Crippen molar-refractivity contribution in [2.75, 3.05) is 14.2 Å². The summed E-state index contributed by atoms with van der Waals surface area (Å²) in [5.41, 5.74) is -2.64. The van der Waals surface area contributed by atoms with Crippen molar-refractivity contribution in [2.45, 2.75) is 97.9 Å². The summed E-state index contributed by atoms with van der Waals surface area (Å²) in [6, 6.07) is 3.46. The minimum atomic E-state index is -1.63. The molecule has 2 aliphatic carbocycles. The average Bonchev–Trinajstić information content (AvgIpc) is 3.86. The van der Waals surface area contributed by atoms with Crippen LogP contribution in [0.2, 0.25) is 0 Å². The Morgan fingerprint density at radius 1 is 0.784 bits per heavy atom. The molecule has 2 fully saturated rings. The molecule has 3 amide bonds. The second kappa shape index (κ2) is 22.2. The van der Waals surface area contributed by atoms with E-state index in [1.807, 2.05) is 0 Å². The Hall–Kier alpha value is -2.95. The van der Waals surface area contributed by atoms with Crippen LogP contribution in [0, 0.1) is 35.6 Å². The molecule has 10 nitrogen and oxygen atoms in total. The van der Waals surface area contributed by atoms with E-state index in [-0.39, 0.29) is 54.8 Å². The Morgan fingerprint density at radius 2 is 1.12 bits per heavy atom. The third-order valence-corrected chi connectivity index (χ3v) is 6.28. The molecular weight excluding hydrogens is 755 g/mol. The SMILES string of the molecule is Br.C.CC(C)(C)OC(=O)NC(C(=O)C1CC1)c1c(F)cccc1F.CON(C)C(=O)C(NC(=O)OC(C)(C)C)c1c(F)cccc1F.[CH-]1CC1.[H-].[Mg+2]. The molecule has 0 saturated heterocycles. The number of alkyl carbamates (subject to hydrolysis) is 2. The predicted molar refractivity (Wildman–Crippen MR) is 192 cm³/mol. The van der Waals surface area contributed by atoms with Gasteiger partial charge in [-0.05, 0) is 78.6 Å². The molecule has 0 bridgehead atoms. The molecule has 2 unspecified atom stereocenters. The smallest absolute Gasteiger partial charge is 1.00 e. The summed E-state index contributed by atoms with van der Waals surface area (Å²) in [5.74, 6) is -5.19. The van der Waals surface area contributed by atoms with Gasteiger partial charge in [0.25, 0.3) is 5.91 Å². The molecule has 16 heteroatoms. The van der Waals surface area contributed by atoms with Gasteiger partial charge < -0.3 is 28.0 Å². The first-order chi connectivity index (χ1) is 22.3. The second-order valence-electron chi connectivity index (χ2n) is 13.0. The third-order valence-electron chi connectivity index (χ3n) is 6.28. The number of ketones is 1. The minimum absolute atomic E-state index is 0. The van der Waals surface area contributed by atoms with Crippen LogP contribution in [0.3, 0.4) is 0 Å². The predicted octanol–water partition coefficient (Wildman–Crippen LogP) is 7.99. The zero-order chi connectivity index (χ0) is 36.4. The van der Waals surface area contributed by atoms with E-state index in [1.165, 1.54) is 33.1 Å². The fraction of sp³-hybridized carbons (Fsp3) is 0.514. The number of halogens is 5. The zero-order valence-electron chi connectivity index (χ0n) is 30.5. The second-order valence-corrected chi connectivity index (χ2v) is 13.0. The summed E-state index contributed by atoms with van der Waals surface area (Å²) in [4.78, 5) is 53.1. The maximum Gasteiger partial charge on any atom is 2.00 e. The van der Waals surface area contributed by atoms with E-state index in [1.54, 1.807) is 41.5 Å². The molecule has 4 rings (SSSR count). The van der Waals surface area contributed by atoms with Crippen LogP contribution < -0.4 is 10.6 Å². The van der Waals surface area contributed by atoms with E-state index in [2.05, 4.69) is 17.1 Å². The Labute approximate surface area is 326 Å². The van der Waals surface area contributed by atoms with Crippen LogP contribution in [0.4, 0.5) is 27.2 Å². The summed E-state index contributed by atoms with van der Waals surface area (Å²) in [5, 5.41) is 5.23. The van der Waals surface area contributed by atoms with Gasteiger partial charge in [0, 0.05) is 13.0 Å². The van der Waals surface area contributed by atoms with Crippen molar-refractivity contribution in [3.8, 4) is 0 Å². The van der Waals surface area contributed by atoms with Gasteiger partial charge in [0.1, 0.15) is 46.6 Å². The number of hydrogen-bond donors (Lipinski definition) is 2. The van der Waals surface area contributed by atoms with Gasteiger partial charge in [0.2, 0.25) is 0 Å². The summed E-state index contributed by atoms with van der Waals surface area (Å²) in [6.07, 6.45) is 4.47. The van der Waals surface area contributed by atoms with Gasteiger partial charge in [-0.25, -0.2) is 45.1 Å². The van der Waals surface area contributed by atoms with E-state index in [4.69, 9.17) is 14.3 Å². The first-order valence-corrected chi connectivity index (χ1v) is 15.3. The van der Waals surface area contributed by atoms with Crippen molar-refractivity contribution in [1.29, 1.82) is 0 Å². The quantitative estimate of drug-likeness (QED) is 0.120. The van der Waals surface area contributed by atoms with Crippen LogP contribution in [0.15, 0.2) is 36.4 Å². The molecule has 0 aromatic heterocycles. The molecule has 284 valence electrons.